The molecule has 0 bridgehead atoms. The van der Waals surface area contributed by atoms with Gasteiger partial charge in [-0.25, -0.2) is 4.39 Å². The number of carbonyl (C=O) groups excluding carboxylic acids is 1. The number of benzene rings is 2. The Morgan fingerprint density at radius 2 is 1.96 bits per heavy atom. The monoisotopic (exact) mass is 450 g/mol. The van der Waals surface area contributed by atoms with Gasteiger partial charge in [0.25, 0.3) is 5.91 Å². The maximum atomic E-state index is 14.1. The van der Waals surface area contributed by atoms with Crippen LogP contribution in [0.25, 0.3) is 10.9 Å². The summed E-state index contributed by atoms with van der Waals surface area (Å²) >= 11 is 2.04. The molecule has 2 aromatic carbocycles. The van der Waals surface area contributed by atoms with Crippen molar-refractivity contribution in [2.45, 2.75) is 33.7 Å². The highest BCUT2D eigenvalue weighted by Crippen LogP contribution is 2.28. The Bertz CT molecular complexity index is 962. The standard InChI is InChI=1S/C20H20FIN2O/c1-4-13-6-9-18-15(10-13)12(3)19(24(18)5-2)20(25)23-17-8-7-14(22)11-16(17)21/h6-11H,4-5H2,1-3H3,(H,23,25). The highest BCUT2D eigenvalue weighted by Gasteiger charge is 2.20. The average Bonchev–Trinajstić information content (AvgIpc) is 2.88. The lowest BCUT2D eigenvalue weighted by molar-refractivity contribution is 0.101. The second-order valence-corrected chi connectivity index (χ2v) is 7.25. The summed E-state index contributed by atoms with van der Waals surface area (Å²) in [7, 11) is 0. The summed E-state index contributed by atoms with van der Waals surface area (Å²) in [6.07, 6.45) is 0.947. The Morgan fingerprint density at radius 1 is 1.20 bits per heavy atom. The van der Waals surface area contributed by atoms with Gasteiger partial charge >= 0.3 is 0 Å². The third kappa shape index (κ3) is 3.29. The van der Waals surface area contributed by atoms with E-state index in [9.17, 15) is 9.18 Å². The number of aryl methyl sites for hydroxylation is 3. The van der Waals surface area contributed by atoms with Crippen LogP contribution in [0.3, 0.4) is 0 Å². The van der Waals surface area contributed by atoms with Gasteiger partial charge in [0.1, 0.15) is 11.5 Å². The number of hydrogen-bond acceptors (Lipinski definition) is 1. The Kier molecular flexibility index (Phi) is 5.13. The topological polar surface area (TPSA) is 34.0 Å². The van der Waals surface area contributed by atoms with Crippen LogP contribution in [0.15, 0.2) is 36.4 Å². The quantitative estimate of drug-likeness (QED) is 0.522. The Morgan fingerprint density at radius 3 is 2.60 bits per heavy atom. The number of anilines is 1. The van der Waals surface area contributed by atoms with Crippen molar-refractivity contribution in [1.29, 1.82) is 0 Å². The van der Waals surface area contributed by atoms with Crippen LogP contribution in [0, 0.1) is 16.3 Å². The van der Waals surface area contributed by atoms with Crippen LogP contribution in [0.1, 0.15) is 35.5 Å². The van der Waals surface area contributed by atoms with Crippen LogP contribution in [0.5, 0.6) is 0 Å². The molecule has 0 unspecified atom stereocenters. The summed E-state index contributed by atoms with van der Waals surface area (Å²) in [5.74, 6) is -0.709. The zero-order valence-corrected chi connectivity index (χ0v) is 16.6. The molecule has 3 nitrogen and oxygen atoms in total. The van der Waals surface area contributed by atoms with Gasteiger partial charge in [-0.05, 0) is 84.3 Å². The van der Waals surface area contributed by atoms with E-state index in [1.165, 1.54) is 11.6 Å². The number of nitrogens with zero attached hydrogens (tertiary/aromatic N) is 1. The van der Waals surface area contributed by atoms with E-state index >= 15 is 0 Å². The molecule has 0 radical (unpaired) electrons. The van der Waals surface area contributed by atoms with Crippen molar-refractivity contribution in [2.24, 2.45) is 0 Å². The van der Waals surface area contributed by atoms with Gasteiger partial charge in [-0.1, -0.05) is 13.0 Å². The van der Waals surface area contributed by atoms with Crippen LogP contribution in [0.2, 0.25) is 0 Å². The molecule has 1 aromatic heterocycles. The van der Waals surface area contributed by atoms with Crippen molar-refractivity contribution in [3.05, 3.63) is 62.6 Å². The molecule has 130 valence electrons. The second kappa shape index (κ2) is 7.15. The second-order valence-electron chi connectivity index (χ2n) is 6.00. The van der Waals surface area contributed by atoms with Crippen LogP contribution < -0.4 is 5.32 Å². The molecule has 5 heteroatoms. The molecule has 0 aliphatic rings. The van der Waals surface area contributed by atoms with Crippen molar-refractivity contribution >= 4 is 45.1 Å². The van der Waals surface area contributed by atoms with E-state index in [1.54, 1.807) is 12.1 Å². The number of halogens is 2. The van der Waals surface area contributed by atoms with Crippen molar-refractivity contribution < 1.29 is 9.18 Å². The number of hydrogen-bond donors (Lipinski definition) is 1. The molecule has 0 saturated heterocycles. The molecule has 3 rings (SSSR count). The zero-order chi connectivity index (χ0) is 18.1. The molecule has 0 saturated carbocycles. The highest BCUT2D eigenvalue weighted by molar-refractivity contribution is 14.1. The van der Waals surface area contributed by atoms with E-state index in [1.807, 2.05) is 41.0 Å². The van der Waals surface area contributed by atoms with Gasteiger partial charge < -0.3 is 9.88 Å². The molecule has 1 N–H and O–H groups in total. The smallest absolute Gasteiger partial charge is 0.272 e. The first-order chi connectivity index (χ1) is 12.0. The molecule has 1 heterocycles. The maximum absolute atomic E-state index is 14.1. The van der Waals surface area contributed by atoms with Gasteiger partial charge in [0.2, 0.25) is 0 Å². The Labute approximate surface area is 160 Å². The normalized spacial score (nSPS) is 11.1. The van der Waals surface area contributed by atoms with Crippen molar-refractivity contribution in [2.75, 3.05) is 5.32 Å². The first-order valence-electron chi connectivity index (χ1n) is 8.34. The summed E-state index contributed by atoms with van der Waals surface area (Å²) in [6.45, 7) is 6.75. The van der Waals surface area contributed by atoms with Gasteiger partial charge in [0.05, 0.1) is 5.69 Å². The van der Waals surface area contributed by atoms with Gasteiger partial charge in [-0.2, -0.15) is 0 Å². The van der Waals surface area contributed by atoms with E-state index in [-0.39, 0.29) is 11.6 Å². The number of fused-ring (bicyclic) bond motifs is 1. The number of nitrogens with one attached hydrogen (secondary N) is 1. The molecule has 25 heavy (non-hydrogen) atoms. The first-order valence-corrected chi connectivity index (χ1v) is 9.42. The lowest BCUT2D eigenvalue weighted by Gasteiger charge is -2.10. The lowest BCUT2D eigenvalue weighted by atomic mass is 10.1. The largest absolute Gasteiger partial charge is 0.337 e. The predicted molar refractivity (Wildman–Crippen MR) is 109 cm³/mol. The Hall–Kier alpha value is -1.89. The van der Waals surface area contributed by atoms with E-state index in [2.05, 4.69) is 30.4 Å². The first kappa shape index (κ1) is 17.9. The van der Waals surface area contributed by atoms with Crippen molar-refractivity contribution in [1.82, 2.24) is 4.57 Å². The van der Waals surface area contributed by atoms with Crippen LogP contribution in [0.4, 0.5) is 10.1 Å². The maximum Gasteiger partial charge on any atom is 0.272 e. The number of aromatic nitrogens is 1. The summed E-state index contributed by atoms with van der Waals surface area (Å²) < 4.78 is 16.9. The minimum atomic E-state index is -0.426. The van der Waals surface area contributed by atoms with E-state index < -0.39 is 5.82 Å². The molecule has 3 aromatic rings. The molecular formula is C20H20FIN2O. The fraction of sp³-hybridized carbons (Fsp3) is 0.250. The highest BCUT2D eigenvalue weighted by atomic mass is 127. The van der Waals surface area contributed by atoms with E-state index in [0.717, 1.165) is 26.5 Å². The van der Waals surface area contributed by atoms with Crippen LogP contribution in [-0.4, -0.2) is 10.5 Å². The molecular weight excluding hydrogens is 430 g/mol. The SMILES string of the molecule is CCc1ccc2c(c1)c(C)c(C(=O)Nc1ccc(I)cc1F)n2CC. The third-order valence-corrected chi connectivity index (χ3v) is 5.17. The molecule has 0 fully saturated rings. The van der Waals surface area contributed by atoms with Crippen LogP contribution in [-0.2, 0) is 13.0 Å². The summed E-state index contributed by atoms with van der Waals surface area (Å²) in [4.78, 5) is 12.9. The van der Waals surface area contributed by atoms with Gasteiger partial charge in [0, 0.05) is 21.0 Å². The fourth-order valence-corrected chi connectivity index (χ4v) is 3.64. The minimum absolute atomic E-state index is 0.201. The number of rotatable bonds is 4. The summed E-state index contributed by atoms with van der Waals surface area (Å²) in [5.41, 5.74) is 3.98. The number of carbonyl (C=O) groups is 1. The van der Waals surface area contributed by atoms with E-state index in [0.29, 0.717) is 12.2 Å². The van der Waals surface area contributed by atoms with Crippen molar-refractivity contribution in [3.8, 4) is 0 Å². The molecule has 0 aliphatic carbocycles. The van der Waals surface area contributed by atoms with Gasteiger partial charge in [-0.15, -0.1) is 0 Å². The van der Waals surface area contributed by atoms with E-state index in [4.69, 9.17) is 0 Å². The predicted octanol–water partition coefficient (Wildman–Crippen LogP) is 5.53. The number of amides is 1. The Balaban J connectivity index is 2.07. The molecule has 1 amide bonds. The summed E-state index contributed by atoms with van der Waals surface area (Å²) in [5, 5.41) is 3.80. The third-order valence-electron chi connectivity index (χ3n) is 4.50. The molecule has 0 aliphatic heterocycles. The average molecular weight is 450 g/mol. The minimum Gasteiger partial charge on any atom is -0.337 e. The fourth-order valence-electron chi connectivity index (χ4n) is 3.18. The molecule has 0 spiro atoms. The van der Waals surface area contributed by atoms with Gasteiger partial charge in [-0.3, -0.25) is 4.79 Å². The van der Waals surface area contributed by atoms with Crippen LogP contribution >= 0.6 is 22.6 Å². The lowest BCUT2D eigenvalue weighted by Crippen LogP contribution is -2.18. The molecule has 0 atom stereocenters. The zero-order valence-electron chi connectivity index (χ0n) is 14.5. The summed E-state index contributed by atoms with van der Waals surface area (Å²) in [6, 6.07) is 11.1. The van der Waals surface area contributed by atoms with Gasteiger partial charge in [0.15, 0.2) is 0 Å². The van der Waals surface area contributed by atoms with Crippen molar-refractivity contribution in [3.63, 3.8) is 0 Å².